The second-order valence-corrected chi connectivity index (χ2v) is 4.66. The first-order valence-electron chi connectivity index (χ1n) is 6.06. The number of benzene rings is 1. The van der Waals surface area contributed by atoms with Gasteiger partial charge in [0.15, 0.2) is 0 Å². The average Bonchev–Trinajstić information content (AvgIpc) is 2.72. The van der Waals surface area contributed by atoms with Crippen LogP contribution in [0.1, 0.15) is 26.8 Å². The van der Waals surface area contributed by atoms with E-state index in [0.29, 0.717) is 0 Å². The molecule has 1 unspecified atom stereocenters. The van der Waals surface area contributed by atoms with Crippen LogP contribution in [0, 0.1) is 0 Å². The predicted octanol–water partition coefficient (Wildman–Crippen LogP) is 2.47. The molecule has 4 heteroatoms. The largest absolute Gasteiger partial charge is 0.490 e. The van der Waals surface area contributed by atoms with E-state index in [2.05, 4.69) is 0 Å². The van der Waals surface area contributed by atoms with Gasteiger partial charge >= 0.3 is 0 Å². The summed E-state index contributed by atoms with van der Waals surface area (Å²) in [5.41, 5.74) is 6.30. The quantitative estimate of drug-likeness (QED) is 0.901. The molecule has 1 amide bonds. The van der Waals surface area contributed by atoms with Gasteiger partial charge in [-0.25, -0.2) is 0 Å². The molecule has 0 aliphatic rings. The van der Waals surface area contributed by atoms with Crippen LogP contribution in [0.3, 0.4) is 0 Å². The fourth-order valence-corrected chi connectivity index (χ4v) is 1.99. The van der Waals surface area contributed by atoms with Gasteiger partial charge in [-0.3, -0.25) is 4.79 Å². The third kappa shape index (κ3) is 2.18. The molecule has 0 saturated carbocycles. The number of hydrogen-bond donors (Lipinski definition) is 1. The van der Waals surface area contributed by atoms with Gasteiger partial charge in [0, 0.05) is 11.6 Å². The van der Waals surface area contributed by atoms with Crippen molar-refractivity contribution < 1.29 is 9.53 Å². The van der Waals surface area contributed by atoms with E-state index >= 15 is 0 Å². The van der Waals surface area contributed by atoms with E-state index in [0.717, 1.165) is 16.7 Å². The Hall–Kier alpha value is -1.97. The normalized spacial score (nSPS) is 12.9. The van der Waals surface area contributed by atoms with E-state index in [9.17, 15) is 4.79 Å². The zero-order valence-corrected chi connectivity index (χ0v) is 10.9. The molecule has 18 heavy (non-hydrogen) atoms. The van der Waals surface area contributed by atoms with Crippen molar-refractivity contribution in [1.29, 1.82) is 0 Å². The summed E-state index contributed by atoms with van der Waals surface area (Å²) in [6.45, 7) is 5.77. The molecule has 2 N–H and O–H groups in total. The minimum atomic E-state index is -0.364. The second kappa shape index (κ2) is 4.72. The highest BCUT2D eigenvalue weighted by Crippen LogP contribution is 2.29. The van der Waals surface area contributed by atoms with Crippen LogP contribution in [-0.2, 0) is 4.79 Å². The highest BCUT2D eigenvalue weighted by atomic mass is 16.5. The summed E-state index contributed by atoms with van der Waals surface area (Å²) in [5, 5.41) is 0.999. The standard InChI is InChI=1S/C14H18N2O2/c1-9(2)18-13-6-4-5-12-11(13)7-8-16(12)10(3)14(15)17/h4-10H,1-3H3,(H2,15,17). The molecule has 1 aromatic carbocycles. The Kier molecular flexibility index (Phi) is 3.28. The lowest BCUT2D eigenvalue weighted by molar-refractivity contribution is -0.120. The number of ether oxygens (including phenoxy) is 1. The summed E-state index contributed by atoms with van der Waals surface area (Å²) in [5.74, 6) is 0.487. The summed E-state index contributed by atoms with van der Waals surface area (Å²) < 4.78 is 7.62. The number of nitrogens with zero attached hydrogens (tertiary/aromatic N) is 1. The Morgan fingerprint density at radius 1 is 1.28 bits per heavy atom. The van der Waals surface area contributed by atoms with Gasteiger partial charge in [-0.2, -0.15) is 0 Å². The third-order valence-electron chi connectivity index (χ3n) is 2.91. The summed E-state index contributed by atoms with van der Waals surface area (Å²) in [7, 11) is 0. The summed E-state index contributed by atoms with van der Waals surface area (Å²) in [6.07, 6.45) is 1.99. The minimum absolute atomic E-state index is 0.118. The monoisotopic (exact) mass is 246 g/mol. The molecular weight excluding hydrogens is 228 g/mol. The topological polar surface area (TPSA) is 57.2 Å². The van der Waals surface area contributed by atoms with Crippen molar-refractivity contribution in [1.82, 2.24) is 4.57 Å². The van der Waals surface area contributed by atoms with Crippen molar-refractivity contribution >= 4 is 16.8 Å². The Balaban J connectivity index is 2.51. The van der Waals surface area contributed by atoms with Crippen LogP contribution in [0.5, 0.6) is 5.75 Å². The van der Waals surface area contributed by atoms with Crippen molar-refractivity contribution in [3.63, 3.8) is 0 Å². The van der Waals surface area contributed by atoms with E-state index in [4.69, 9.17) is 10.5 Å². The van der Waals surface area contributed by atoms with Crippen LogP contribution in [-0.4, -0.2) is 16.6 Å². The van der Waals surface area contributed by atoms with Gasteiger partial charge in [-0.1, -0.05) is 6.07 Å². The smallest absolute Gasteiger partial charge is 0.240 e. The molecule has 0 aliphatic carbocycles. The van der Waals surface area contributed by atoms with E-state index in [1.54, 1.807) is 6.92 Å². The summed E-state index contributed by atoms with van der Waals surface area (Å²) in [6, 6.07) is 7.40. The van der Waals surface area contributed by atoms with Gasteiger partial charge in [0.25, 0.3) is 0 Å². The van der Waals surface area contributed by atoms with E-state index in [-0.39, 0.29) is 18.1 Å². The van der Waals surface area contributed by atoms with Crippen LogP contribution in [0.4, 0.5) is 0 Å². The zero-order chi connectivity index (χ0) is 13.3. The first kappa shape index (κ1) is 12.5. The molecule has 4 nitrogen and oxygen atoms in total. The molecule has 1 aromatic heterocycles. The predicted molar refractivity (Wildman–Crippen MR) is 71.6 cm³/mol. The molecule has 1 atom stereocenters. The van der Waals surface area contributed by atoms with Crippen LogP contribution >= 0.6 is 0 Å². The third-order valence-corrected chi connectivity index (χ3v) is 2.91. The van der Waals surface area contributed by atoms with Gasteiger partial charge in [-0.15, -0.1) is 0 Å². The van der Waals surface area contributed by atoms with E-state index in [1.165, 1.54) is 0 Å². The number of primary amides is 1. The zero-order valence-electron chi connectivity index (χ0n) is 10.9. The first-order valence-corrected chi connectivity index (χ1v) is 6.06. The molecule has 0 saturated heterocycles. The number of amides is 1. The summed E-state index contributed by atoms with van der Waals surface area (Å²) >= 11 is 0. The average molecular weight is 246 g/mol. The molecule has 0 bridgehead atoms. The van der Waals surface area contributed by atoms with Gasteiger partial charge in [-0.05, 0) is 39.0 Å². The fraction of sp³-hybridized carbons (Fsp3) is 0.357. The number of nitrogens with two attached hydrogens (primary N) is 1. The Morgan fingerprint density at radius 3 is 2.61 bits per heavy atom. The van der Waals surface area contributed by atoms with E-state index < -0.39 is 0 Å². The SMILES string of the molecule is CC(C)Oc1cccc2c1ccn2C(C)C(N)=O. The lowest BCUT2D eigenvalue weighted by Gasteiger charge is -2.13. The lowest BCUT2D eigenvalue weighted by atomic mass is 10.2. The minimum Gasteiger partial charge on any atom is -0.490 e. The van der Waals surface area contributed by atoms with Crippen molar-refractivity contribution in [2.24, 2.45) is 5.73 Å². The Labute approximate surface area is 106 Å². The molecule has 0 radical (unpaired) electrons. The molecule has 1 heterocycles. The maximum absolute atomic E-state index is 11.3. The molecule has 0 aliphatic heterocycles. The molecule has 0 spiro atoms. The number of carbonyl (C=O) groups excluding carboxylic acids is 1. The van der Waals surface area contributed by atoms with Crippen LogP contribution in [0.2, 0.25) is 0 Å². The second-order valence-electron chi connectivity index (χ2n) is 4.66. The molecule has 2 rings (SSSR count). The molecular formula is C14H18N2O2. The first-order chi connectivity index (χ1) is 8.50. The molecule has 96 valence electrons. The molecule has 2 aromatic rings. The van der Waals surface area contributed by atoms with Crippen molar-refractivity contribution in [3.05, 3.63) is 30.5 Å². The highest BCUT2D eigenvalue weighted by Gasteiger charge is 2.15. The van der Waals surface area contributed by atoms with Crippen molar-refractivity contribution in [3.8, 4) is 5.75 Å². The van der Waals surface area contributed by atoms with Gasteiger partial charge in [0.1, 0.15) is 11.8 Å². The van der Waals surface area contributed by atoms with E-state index in [1.807, 2.05) is 48.9 Å². The maximum atomic E-state index is 11.3. The number of fused-ring (bicyclic) bond motifs is 1. The van der Waals surface area contributed by atoms with Crippen molar-refractivity contribution in [2.45, 2.75) is 32.9 Å². The van der Waals surface area contributed by atoms with Gasteiger partial charge in [0.05, 0.1) is 11.6 Å². The van der Waals surface area contributed by atoms with Crippen LogP contribution in [0.15, 0.2) is 30.5 Å². The number of rotatable bonds is 4. The van der Waals surface area contributed by atoms with Crippen LogP contribution < -0.4 is 10.5 Å². The highest BCUT2D eigenvalue weighted by molar-refractivity contribution is 5.88. The van der Waals surface area contributed by atoms with Gasteiger partial charge < -0.3 is 15.0 Å². The Morgan fingerprint density at radius 2 is 2.00 bits per heavy atom. The van der Waals surface area contributed by atoms with Gasteiger partial charge in [0.2, 0.25) is 5.91 Å². The number of aromatic nitrogens is 1. The Bertz CT molecular complexity index is 572. The van der Waals surface area contributed by atoms with Crippen molar-refractivity contribution in [2.75, 3.05) is 0 Å². The molecule has 0 fully saturated rings. The number of hydrogen-bond acceptors (Lipinski definition) is 2. The van der Waals surface area contributed by atoms with Crippen LogP contribution in [0.25, 0.3) is 10.9 Å². The fourth-order valence-electron chi connectivity index (χ4n) is 1.99. The maximum Gasteiger partial charge on any atom is 0.240 e. The lowest BCUT2D eigenvalue weighted by Crippen LogP contribution is -2.23. The summed E-state index contributed by atoms with van der Waals surface area (Å²) in [4.78, 5) is 11.3. The number of carbonyl (C=O) groups is 1.